The Morgan fingerprint density at radius 3 is 2.48 bits per heavy atom. The number of hydrogen-bond donors (Lipinski definition) is 2. The van der Waals surface area contributed by atoms with Gasteiger partial charge in [-0.05, 0) is 72.6 Å². The minimum atomic E-state index is -0.254. The predicted octanol–water partition coefficient (Wildman–Crippen LogP) is 5.02. The van der Waals surface area contributed by atoms with Crippen LogP contribution in [0.25, 0.3) is 0 Å². The predicted molar refractivity (Wildman–Crippen MR) is 112 cm³/mol. The van der Waals surface area contributed by atoms with Crippen LogP contribution in [0.5, 0.6) is 5.75 Å². The van der Waals surface area contributed by atoms with Gasteiger partial charge in [-0.25, -0.2) is 0 Å². The molecular formula is C21H25BrN2O3. The lowest BCUT2D eigenvalue weighted by Crippen LogP contribution is -2.24. The summed E-state index contributed by atoms with van der Waals surface area (Å²) < 4.78 is 6.37. The van der Waals surface area contributed by atoms with Gasteiger partial charge < -0.3 is 15.4 Å². The third-order valence-electron chi connectivity index (χ3n) is 3.76. The van der Waals surface area contributed by atoms with E-state index in [0.717, 1.165) is 12.8 Å². The van der Waals surface area contributed by atoms with Gasteiger partial charge in [0.05, 0.1) is 10.6 Å². The molecule has 5 nitrogen and oxygen atoms in total. The van der Waals surface area contributed by atoms with E-state index in [1.165, 1.54) is 0 Å². The summed E-state index contributed by atoms with van der Waals surface area (Å²) in [6.07, 6.45) is 2.01. The van der Waals surface area contributed by atoms with Gasteiger partial charge in [-0.15, -0.1) is 0 Å². The fourth-order valence-corrected chi connectivity index (χ4v) is 2.89. The molecule has 2 N–H and O–H groups in total. The maximum Gasteiger partial charge on any atom is 0.255 e. The minimum absolute atomic E-state index is 0.0483. The van der Waals surface area contributed by atoms with Crippen LogP contribution in [0, 0.1) is 0 Å². The minimum Gasteiger partial charge on any atom is -0.490 e. The molecule has 2 amide bonds. The first kappa shape index (κ1) is 21.0. The molecule has 0 saturated heterocycles. The van der Waals surface area contributed by atoms with Crippen LogP contribution in [0.4, 0.5) is 5.69 Å². The van der Waals surface area contributed by atoms with Crippen LogP contribution >= 0.6 is 15.9 Å². The molecule has 0 fully saturated rings. The van der Waals surface area contributed by atoms with E-state index in [4.69, 9.17) is 4.74 Å². The van der Waals surface area contributed by atoms with E-state index >= 15 is 0 Å². The second-order valence-corrected chi connectivity index (χ2v) is 7.31. The molecule has 0 unspecified atom stereocenters. The highest BCUT2D eigenvalue weighted by Gasteiger charge is 2.12. The Balaban J connectivity index is 2.06. The van der Waals surface area contributed by atoms with E-state index in [9.17, 15) is 9.59 Å². The molecular weight excluding hydrogens is 408 g/mol. The largest absolute Gasteiger partial charge is 0.490 e. The van der Waals surface area contributed by atoms with Crippen molar-refractivity contribution >= 4 is 33.4 Å². The molecule has 0 aliphatic heterocycles. The van der Waals surface area contributed by atoms with E-state index in [2.05, 4.69) is 33.5 Å². The lowest BCUT2D eigenvalue weighted by atomic mass is 10.1. The topological polar surface area (TPSA) is 67.4 Å². The summed E-state index contributed by atoms with van der Waals surface area (Å²) in [6, 6.07) is 12.1. The molecule has 0 aliphatic carbocycles. The van der Waals surface area contributed by atoms with Crippen molar-refractivity contribution in [3.05, 3.63) is 58.1 Å². The second-order valence-electron chi connectivity index (χ2n) is 6.46. The number of amides is 2. The van der Waals surface area contributed by atoms with Gasteiger partial charge in [-0.3, -0.25) is 9.59 Å². The number of carbonyl (C=O) groups excluding carboxylic acids is 2. The number of unbranched alkanes of at least 4 members (excludes halogenated alkanes) is 1. The number of hydrogen-bond acceptors (Lipinski definition) is 3. The molecule has 2 rings (SSSR count). The van der Waals surface area contributed by atoms with E-state index in [0.29, 0.717) is 33.6 Å². The maximum atomic E-state index is 12.5. The van der Waals surface area contributed by atoms with Gasteiger partial charge in [-0.2, -0.15) is 0 Å². The third kappa shape index (κ3) is 6.40. The molecule has 0 atom stereocenters. The zero-order chi connectivity index (χ0) is 19.8. The molecule has 0 aliphatic rings. The molecule has 27 heavy (non-hydrogen) atoms. The fourth-order valence-electron chi connectivity index (χ4n) is 2.41. The average molecular weight is 433 g/mol. The Labute approximate surface area is 168 Å². The summed E-state index contributed by atoms with van der Waals surface area (Å²) in [7, 11) is 0. The Morgan fingerprint density at radius 1 is 1.07 bits per heavy atom. The quantitative estimate of drug-likeness (QED) is 0.575. The van der Waals surface area contributed by atoms with Gasteiger partial charge in [0.25, 0.3) is 11.8 Å². The van der Waals surface area contributed by atoms with E-state index in [1.54, 1.807) is 42.5 Å². The highest BCUT2D eigenvalue weighted by molar-refractivity contribution is 9.10. The zero-order valence-electron chi connectivity index (χ0n) is 15.8. The van der Waals surface area contributed by atoms with Crippen molar-refractivity contribution < 1.29 is 14.3 Å². The van der Waals surface area contributed by atoms with Crippen LogP contribution in [0.15, 0.2) is 46.9 Å². The first-order valence-corrected chi connectivity index (χ1v) is 9.85. The fraction of sp³-hybridized carbons (Fsp3) is 0.333. The molecule has 0 bridgehead atoms. The molecule has 2 aromatic rings. The zero-order valence-corrected chi connectivity index (χ0v) is 17.4. The smallest absolute Gasteiger partial charge is 0.255 e. The monoisotopic (exact) mass is 432 g/mol. The SMILES string of the molecule is CCCCNC(=O)c1cccc(NC(=O)c2ccc(OC(C)C)c(Br)c2)c1. The van der Waals surface area contributed by atoms with Crippen LogP contribution in [0.1, 0.15) is 54.3 Å². The molecule has 6 heteroatoms. The summed E-state index contributed by atoms with van der Waals surface area (Å²) in [6.45, 7) is 6.60. The normalized spacial score (nSPS) is 10.6. The van der Waals surface area contributed by atoms with Gasteiger partial charge in [0, 0.05) is 23.4 Å². The Morgan fingerprint density at radius 2 is 1.81 bits per heavy atom. The lowest BCUT2D eigenvalue weighted by Gasteiger charge is -2.13. The first-order valence-electron chi connectivity index (χ1n) is 9.06. The first-order chi connectivity index (χ1) is 12.9. The van der Waals surface area contributed by atoms with Crippen molar-refractivity contribution in [1.82, 2.24) is 5.32 Å². The van der Waals surface area contributed by atoms with E-state index in [1.807, 2.05) is 13.8 Å². The van der Waals surface area contributed by atoms with Gasteiger partial charge in [0.2, 0.25) is 0 Å². The Bertz CT molecular complexity index is 806. The van der Waals surface area contributed by atoms with Crippen LogP contribution < -0.4 is 15.4 Å². The Kier molecular flexibility index (Phi) is 7.85. The van der Waals surface area contributed by atoms with Gasteiger partial charge in [0.15, 0.2) is 0 Å². The molecule has 144 valence electrons. The lowest BCUT2D eigenvalue weighted by molar-refractivity contribution is 0.0951. The molecule has 0 heterocycles. The number of nitrogens with one attached hydrogen (secondary N) is 2. The maximum absolute atomic E-state index is 12.5. The van der Waals surface area contributed by atoms with Gasteiger partial charge >= 0.3 is 0 Å². The number of rotatable bonds is 8. The van der Waals surface area contributed by atoms with Crippen molar-refractivity contribution in [3.8, 4) is 5.75 Å². The van der Waals surface area contributed by atoms with Crippen molar-refractivity contribution in [2.45, 2.75) is 39.7 Å². The van der Waals surface area contributed by atoms with Gasteiger partial charge in [-0.1, -0.05) is 19.4 Å². The van der Waals surface area contributed by atoms with Crippen LogP contribution in [-0.2, 0) is 0 Å². The summed E-state index contributed by atoms with van der Waals surface area (Å²) in [5.74, 6) is 0.292. The van der Waals surface area contributed by atoms with Crippen LogP contribution in [0.3, 0.4) is 0 Å². The highest BCUT2D eigenvalue weighted by Crippen LogP contribution is 2.27. The van der Waals surface area contributed by atoms with Gasteiger partial charge in [0.1, 0.15) is 5.75 Å². The Hall–Kier alpha value is -2.34. The number of halogens is 1. The van der Waals surface area contributed by atoms with E-state index < -0.39 is 0 Å². The highest BCUT2D eigenvalue weighted by atomic mass is 79.9. The summed E-state index contributed by atoms with van der Waals surface area (Å²) in [5.41, 5.74) is 1.59. The molecule has 0 aromatic heterocycles. The van der Waals surface area contributed by atoms with Crippen molar-refractivity contribution in [2.75, 3.05) is 11.9 Å². The summed E-state index contributed by atoms with van der Waals surface area (Å²) in [5, 5.41) is 5.70. The van der Waals surface area contributed by atoms with Crippen molar-refractivity contribution in [3.63, 3.8) is 0 Å². The number of ether oxygens (including phenoxy) is 1. The van der Waals surface area contributed by atoms with Crippen LogP contribution in [0.2, 0.25) is 0 Å². The molecule has 0 saturated carbocycles. The second kappa shape index (κ2) is 10.1. The van der Waals surface area contributed by atoms with Crippen molar-refractivity contribution in [1.29, 1.82) is 0 Å². The third-order valence-corrected chi connectivity index (χ3v) is 4.37. The number of anilines is 1. The summed E-state index contributed by atoms with van der Waals surface area (Å²) in [4.78, 5) is 24.7. The van der Waals surface area contributed by atoms with E-state index in [-0.39, 0.29) is 17.9 Å². The molecule has 0 spiro atoms. The van der Waals surface area contributed by atoms with Crippen molar-refractivity contribution in [2.24, 2.45) is 0 Å². The summed E-state index contributed by atoms with van der Waals surface area (Å²) >= 11 is 3.43. The number of benzene rings is 2. The average Bonchev–Trinajstić information content (AvgIpc) is 2.63. The molecule has 2 aromatic carbocycles. The van der Waals surface area contributed by atoms with Crippen LogP contribution in [-0.4, -0.2) is 24.5 Å². The standard InChI is InChI=1S/C21H25BrN2O3/c1-4-5-11-23-20(25)15-7-6-8-17(12-15)24-21(26)16-9-10-19(18(22)13-16)27-14(2)3/h6-10,12-14H,4-5,11H2,1-3H3,(H,23,25)(H,24,26). The number of carbonyl (C=O) groups is 2. The molecule has 0 radical (unpaired) electrons.